The van der Waals surface area contributed by atoms with Crippen LogP contribution in [0.25, 0.3) is 10.6 Å². The number of nitrogens with zero attached hydrogens (tertiary/aromatic N) is 1. The topological polar surface area (TPSA) is 88.5 Å². The average molecular weight is 497 g/mol. The Morgan fingerprint density at radius 2 is 2.12 bits per heavy atom. The van der Waals surface area contributed by atoms with Crippen molar-refractivity contribution in [2.75, 3.05) is 5.32 Å². The van der Waals surface area contributed by atoms with E-state index in [9.17, 15) is 18.4 Å². The smallest absolute Gasteiger partial charge is 0.412 e. The second-order valence-corrected chi connectivity index (χ2v) is 9.69. The summed E-state index contributed by atoms with van der Waals surface area (Å²) in [5.74, 6) is 2.10. The highest BCUT2D eigenvalue weighted by Crippen LogP contribution is 2.48. The van der Waals surface area contributed by atoms with Gasteiger partial charge in [0.15, 0.2) is 6.10 Å². The van der Waals surface area contributed by atoms with Crippen LogP contribution < -0.4 is 5.32 Å². The highest BCUT2D eigenvalue weighted by atomic mass is 35.5. The number of hydrogen-bond donors (Lipinski definition) is 2. The first-order chi connectivity index (χ1) is 15.4. The number of aliphatic carboxylic acids is 1. The maximum atomic E-state index is 13.7. The molecule has 176 valence electrons. The number of carbonyl (C=O) groups excluding carboxylic acids is 1. The van der Waals surface area contributed by atoms with Crippen molar-refractivity contribution in [2.24, 2.45) is 5.41 Å². The lowest BCUT2D eigenvalue weighted by atomic mass is 10.0. The normalized spacial score (nSPS) is 15.2. The number of amides is 1. The molecule has 3 rings (SSSR count). The predicted molar refractivity (Wildman–Crippen MR) is 123 cm³/mol. The Balaban J connectivity index is 1.78. The SMILES string of the molecule is CCC(F)(F)[C@@H](C)OC(=O)Nc1cc(Cl)sc1-c1ccc(C#CC2(CC(=O)O)CC2)c(C)n1. The molecule has 1 saturated carbocycles. The van der Waals surface area contributed by atoms with Gasteiger partial charge in [0.2, 0.25) is 0 Å². The molecule has 0 saturated heterocycles. The van der Waals surface area contributed by atoms with Gasteiger partial charge in [-0.2, -0.15) is 0 Å². The molecule has 0 unspecified atom stereocenters. The predicted octanol–water partition coefficient (Wildman–Crippen LogP) is 6.36. The molecule has 1 aliphatic carbocycles. The van der Waals surface area contributed by atoms with E-state index in [0.717, 1.165) is 19.8 Å². The zero-order valence-corrected chi connectivity index (χ0v) is 19.9. The van der Waals surface area contributed by atoms with Crippen molar-refractivity contribution >= 4 is 40.7 Å². The second-order valence-electron chi connectivity index (χ2n) is 8.01. The fraction of sp³-hybridized carbons (Fsp3) is 0.435. The molecule has 6 nitrogen and oxygen atoms in total. The number of aromatic nitrogens is 1. The minimum absolute atomic E-state index is 0.0200. The van der Waals surface area contributed by atoms with Crippen LogP contribution in [0.3, 0.4) is 0 Å². The van der Waals surface area contributed by atoms with E-state index in [0.29, 0.717) is 31.9 Å². The van der Waals surface area contributed by atoms with E-state index in [1.807, 2.05) is 0 Å². The van der Waals surface area contributed by atoms with Gasteiger partial charge in [-0.05, 0) is 44.9 Å². The Morgan fingerprint density at radius 3 is 2.70 bits per heavy atom. The molecular formula is C23H23ClF2N2O4S. The van der Waals surface area contributed by atoms with E-state index in [2.05, 4.69) is 22.1 Å². The lowest BCUT2D eigenvalue weighted by Crippen LogP contribution is -2.35. The van der Waals surface area contributed by atoms with E-state index in [-0.39, 0.29) is 6.42 Å². The summed E-state index contributed by atoms with van der Waals surface area (Å²) in [4.78, 5) is 28.3. The summed E-state index contributed by atoms with van der Waals surface area (Å²) in [5.41, 5.74) is 1.65. The molecule has 1 aliphatic rings. The fourth-order valence-corrected chi connectivity index (χ4v) is 4.27. The van der Waals surface area contributed by atoms with Crippen LogP contribution in [0.5, 0.6) is 0 Å². The first-order valence-electron chi connectivity index (χ1n) is 10.3. The van der Waals surface area contributed by atoms with Crippen molar-refractivity contribution in [3.05, 3.63) is 33.8 Å². The van der Waals surface area contributed by atoms with Gasteiger partial charge in [0, 0.05) is 17.4 Å². The van der Waals surface area contributed by atoms with Gasteiger partial charge in [-0.15, -0.1) is 11.3 Å². The number of rotatable bonds is 7. The standard InChI is InChI=1S/C23H23ClF2N2O4S/c1-4-23(25,26)14(3)32-21(31)28-17-11-18(24)33-20(17)16-6-5-15(13(2)27-16)7-8-22(9-10-22)12-19(29)30/h5-6,11,14H,4,9-10,12H2,1-3H3,(H,28,31)(H,29,30)/t14-/m1/s1. The number of nitrogens with one attached hydrogen (secondary N) is 1. The molecule has 33 heavy (non-hydrogen) atoms. The lowest BCUT2D eigenvalue weighted by molar-refractivity contribution is -0.137. The molecule has 1 amide bonds. The Morgan fingerprint density at radius 1 is 1.42 bits per heavy atom. The second kappa shape index (κ2) is 9.65. The van der Waals surface area contributed by atoms with Gasteiger partial charge in [-0.1, -0.05) is 30.4 Å². The van der Waals surface area contributed by atoms with E-state index in [1.165, 1.54) is 24.3 Å². The first-order valence-corrected chi connectivity index (χ1v) is 11.5. The first kappa shape index (κ1) is 24.9. The number of halogens is 3. The number of thiophene rings is 1. The molecule has 0 spiro atoms. The van der Waals surface area contributed by atoms with Crippen LogP contribution in [0.2, 0.25) is 4.34 Å². The van der Waals surface area contributed by atoms with E-state index in [1.54, 1.807) is 19.1 Å². The van der Waals surface area contributed by atoms with Crippen LogP contribution in [0.1, 0.15) is 50.8 Å². The molecule has 0 aliphatic heterocycles. The summed E-state index contributed by atoms with van der Waals surface area (Å²) in [7, 11) is 0. The number of aryl methyl sites for hydroxylation is 1. The van der Waals surface area contributed by atoms with Crippen LogP contribution in [-0.4, -0.2) is 34.2 Å². The summed E-state index contributed by atoms with van der Waals surface area (Å²) in [6.07, 6.45) is -1.51. The van der Waals surface area contributed by atoms with Crippen molar-refractivity contribution in [3.63, 3.8) is 0 Å². The Bertz CT molecular complexity index is 1140. The maximum absolute atomic E-state index is 13.7. The van der Waals surface area contributed by atoms with E-state index in [4.69, 9.17) is 21.4 Å². The zero-order valence-electron chi connectivity index (χ0n) is 18.3. The minimum atomic E-state index is -3.13. The molecule has 2 aromatic heterocycles. The maximum Gasteiger partial charge on any atom is 0.412 e. The summed E-state index contributed by atoms with van der Waals surface area (Å²) < 4.78 is 32.6. The summed E-state index contributed by atoms with van der Waals surface area (Å²) in [6, 6.07) is 4.97. The lowest BCUT2D eigenvalue weighted by Gasteiger charge is -2.22. The van der Waals surface area contributed by atoms with Gasteiger partial charge in [-0.25, -0.2) is 13.6 Å². The number of anilines is 1. The molecule has 2 aromatic rings. The molecule has 0 bridgehead atoms. The largest absolute Gasteiger partial charge is 0.481 e. The average Bonchev–Trinajstić information content (AvgIpc) is 3.39. The van der Waals surface area contributed by atoms with E-state index < -0.39 is 35.9 Å². The number of carbonyl (C=O) groups is 2. The number of pyridine rings is 1. The number of carboxylic acid groups (broad SMARTS) is 1. The molecule has 10 heteroatoms. The highest BCUT2D eigenvalue weighted by molar-refractivity contribution is 7.20. The summed E-state index contributed by atoms with van der Waals surface area (Å²) in [6.45, 7) is 4.22. The number of carboxylic acids is 1. The quantitative estimate of drug-likeness (QED) is 0.435. The molecule has 1 atom stereocenters. The summed E-state index contributed by atoms with van der Waals surface area (Å²) >= 11 is 7.30. The molecule has 0 radical (unpaired) electrons. The zero-order chi connectivity index (χ0) is 24.4. The Kier molecular flexibility index (Phi) is 7.29. The Labute approximate surface area is 199 Å². The number of alkyl halides is 2. The van der Waals surface area contributed by atoms with Crippen LogP contribution >= 0.6 is 22.9 Å². The minimum Gasteiger partial charge on any atom is -0.481 e. The molecule has 2 heterocycles. The third-order valence-electron chi connectivity index (χ3n) is 5.41. The van der Waals surface area contributed by atoms with Crippen molar-refractivity contribution in [1.82, 2.24) is 4.98 Å². The molecule has 0 aromatic carbocycles. The van der Waals surface area contributed by atoms with Gasteiger partial charge in [0.1, 0.15) is 0 Å². The van der Waals surface area contributed by atoms with Gasteiger partial charge >= 0.3 is 12.1 Å². The summed E-state index contributed by atoms with van der Waals surface area (Å²) in [5, 5.41) is 11.5. The number of ether oxygens (including phenoxy) is 1. The van der Waals surface area contributed by atoms with Gasteiger partial charge in [-0.3, -0.25) is 15.1 Å². The van der Waals surface area contributed by atoms with Gasteiger partial charge in [0.05, 0.1) is 32.7 Å². The van der Waals surface area contributed by atoms with Crippen molar-refractivity contribution in [1.29, 1.82) is 0 Å². The van der Waals surface area contributed by atoms with Crippen LogP contribution in [0.4, 0.5) is 19.3 Å². The van der Waals surface area contributed by atoms with Gasteiger partial charge in [0.25, 0.3) is 5.92 Å². The van der Waals surface area contributed by atoms with E-state index >= 15 is 0 Å². The molecule has 2 N–H and O–H groups in total. The molecule has 1 fully saturated rings. The third kappa shape index (κ3) is 6.21. The Hall–Kier alpha value is -2.70. The van der Waals surface area contributed by atoms with Crippen LogP contribution in [0, 0.1) is 24.2 Å². The van der Waals surface area contributed by atoms with Crippen molar-refractivity contribution in [3.8, 4) is 22.4 Å². The van der Waals surface area contributed by atoms with Gasteiger partial charge < -0.3 is 9.84 Å². The van der Waals surface area contributed by atoms with Crippen molar-refractivity contribution < 1.29 is 28.2 Å². The fourth-order valence-electron chi connectivity index (χ4n) is 3.12. The molecular weight excluding hydrogens is 474 g/mol. The van der Waals surface area contributed by atoms with Crippen LogP contribution in [0.15, 0.2) is 18.2 Å². The third-order valence-corrected chi connectivity index (χ3v) is 6.70. The monoisotopic (exact) mass is 496 g/mol. The number of hydrogen-bond acceptors (Lipinski definition) is 5. The highest BCUT2D eigenvalue weighted by Gasteiger charge is 2.43. The van der Waals surface area contributed by atoms with Crippen LogP contribution in [-0.2, 0) is 9.53 Å². The van der Waals surface area contributed by atoms with Crippen molar-refractivity contribution in [2.45, 2.75) is 58.5 Å².